The quantitative estimate of drug-likeness (QED) is 0.645. The summed E-state index contributed by atoms with van der Waals surface area (Å²) in [6.45, 7) is 3.08. The highest BCUT2D eigenvalue weighted by Gasteiger charge is 2.36. The molecular formula is C8H16O2. The third kappa shape index (κ3) is 1.50. The monoisotopic (exact) mass is 144 g/mol. The SMILES string of the molecule is CCCOC1(CO)CCC1. The molecule has 2 nitrogen and oxygen atoms in total. The molecule has 0 spiro atoms. The second kappa shape index (κ2) is 3.35. The lowest BCUT2D eigenvalue weighted by atomic mass is 9.81. The minimum Gasteiger partial charge on any atom is -0.393 e. The molecule has 0 bridgehead atoms. The Morgan fingerprint density at radius 1 is 1.50 bits per heavy atom. The standard InChI is InChI=1S/C8H16O2/c1-2-6-10-8(7-9)4-3-5-8/h9H,2-7H2,1H3. The van der Waals surface area contributed by atoms with Crippen LogP contribution in [-0.4, -0.2) is 23.9 Å². The molecule has 0 atom stereocenters. The normalized spacial score (nSPS) is 22.2. The van der Waals surface area contributed by atoms with Gasteiger partial charge in [0.1, 0.15) is 0 Å². The van der Waals surface area contributed by atoms with Crippen LogP contribution in [0, 0.1) is 0 Å². The van der Waals surface area contributed by atoms with Gasteiger partial charge in [0.05, 0.1) is 12.2 Å². The van der Waals surface area contributed by atoms with Crippen LogP contribution in [0.15, 0.2) is 0 Å². The largest absolute Gasteiger partial charge is 0.393 e. The van der Waals surface area contributed by atoms with E-state index in [0.717, 1.165) is 25.9 Å². The number of aliphatic hydroxyl groups excluding tert-OH is 1. The number of rotatable bonds is 4. The molecule has 1 saturated carbocycles. The predicted molar refractivity (Wildman–Crippen MR) is 39.9 cm³/mol. The van der Waals surface area contributed by atoms with E-state index in [1.54, 1.807) is 0 Å². The Bertz CT molecular complexity index is 91.9. The first-order valence-corrected chi connectivity index (χ1v) is 4.08. The van der Waals surface area contributed by atoms with Gasteiger partial charge in [0.2, 0.25) is 0 Å². The summed E-state index contributed by atoms with van der Waals surface area (Å²) in [6, 6.07) is 0. The van der Waals surface area contributed by atoms with E-state index in [4.69, 9.17) is 9.84 Å². The fraction of sp³-hybridized carbons (Fsp3) is 1.00. The molecule has 0 aromatic carbocycles. The Hall–Kier alpha value is -0.0800. The fourth-order valence-electron chi connectivity index (χ4n) is 1.24. The van der Waals surface area contributed by atoms with Crippen molar-refractivity contribution >= 4 is 0 Å². The van der Waals surface area contributed by atoms with E-state index in [0.29, 0.717) is 0 Å². The van der Waals surface area contributed by atoms with Gasteiger partial charge in [0.15, 0.2) is 0 Å². The maximum absolute atomic E-state index is 8.94. The van der Waals surface area contributed by atoms with Gasteiger partial charge in [0.25, 0.3) is 0 Å². The van der Waals surface area contributed by atoms with E-state index >= 15 is 0 Å². The summed E-state index contributed by atoms with van der Waals surface area (Å²) in [5, 5.41) is 8.94. The first-order chi connectivity index (χ1) is 4.83. The Labute approximate surface area is 62.2 Å². The first-order valence-electron chi connectivity index (χ1n) is 4.08. The maximum Gasteiger partial charge on any atom is 0.0912 e. The predicted octanol–water partition coefficient (Wildman–Crippen LogP) is 1.33. The summed E-state index contributed by atoms with van der Waals surface area (Å²) < 4.78 is 5.51. The summed E-state index contributed by atoms with van der Waals surface area (Å²) in [7, 11) is 0. The smallest absolute Gasteiger partial charge is 0.0912 e. The van der Waals surface area contributed by atoms with Crippen LogP contribution >= 0.6 is 0 Å². The average molecular weight is 144 g/mol. The Morgan fingerprint density at radius 3 is 2.50 bits per heavy atom. The van der Waals surface area contributed by atoms with Crippen molar-refractivity contribution in [2.45, 2.75) is 38.2 Å². The first kappa shape index (κ1) is 8.02. The number of hydrogen-bond acceptors (Lipinski definition) is 2. The van der Waals surface area contributed by atoms with Crippen molar-refractivity contribution in [3.05, 3.63) is 0 Å². The number of hydrogen-bond donors (Lipinski definition) is 1. The summed E-state index contributed by atoms with van der Waals surface area (Å²) in [6.07, 6.45) is 4.35. The van der Waals surface area contributed by atoms with Crippen LogP contribution in [0.3, 0.4) is 0 Å². The molecule has 1 rings (SSSR count). The van der Waals surface area contributed by atoms with Gasteiger partial charge in [0, 0.05) is 6.61 Å². The second-order valence-electron chi connectivity index (χ2n) is 3.04. The molecule has 1 fully saturated rings. The molecule has 1 aliphatic carbocycles. The third-order valence-electron chi connectivity index (χ3n) is 2.17. The van der Waals surface area contributed by atoms with Gasteiger partial charge in [-0.2, -0.15) is 0 Å². The van der Waals surface area contributed by atoms with Crippen LogP contribution in [-0.2, 0) is 4.74 Å². The van der Waals surface area contributed by atoms with Gasteiger partial charge in [-0.3, -0.25) is 0 Å². The molecular weight excluding hydrogens is 128 g/mol. The molecule has 0 saturated heterocycles. The van der Waals surface area contributed by atoms with Crippen LogP contribution < -0.4 is 0 Å². The van der Waals surface area contributed by atoms with Crippen molar-refractivity contribution in [1.29, 1.82) is 0 Å². The summed E-state index contributed by atoms with van der Waals surface area (Å²) in [4.78, 5) is 0. The van der Waals surface area contributed by atoms with Crippen LogP contribution in [0.5, 0.6) is 0 Å². The lowest BCUT2D eigenvalue weighted by Crippen LogP contribution is -2.43. The van der Waals surface area contributed by atoms with Crippen molar-refractivity contribution in [2.75, 3.05) is 13.2 Å². The number of ether oxygens (including phenoxy) is 1. The van der Waals surface area contributed by atoms with E-state index in [1.165, 1.54) is 6.42 Å². The van der Waals surface area contributed by atoms with Crippen molar-refractivity contribution in [2.24, 2.45) is 0 Å². The molecule has 1 aliphatic rings. The summed E-state index contributed by atoms with van der Waals surface area (Å²) in [5.74, 6) is 0. The summed E-state index contributed by atoms with van der Waals surface area (Å²) in [5.41, 5.74) is -0.129. The maximum atomic E-state index is 8.94. The van der Waals surface area contributed by atoms with E-state index in [-0.39, 0.29) is 12.2 Å². The minimum atomic E-state index is -0.129. The van der Waals surface area contributed by atoms with Crippen molar-refractivity contribution in [3.63, 3.8) is 0 Å². The van der Waals surface area contributed by atoms with E-state index in [9.17, 15) is 0 Å². The van der Waals surface area contributed by atoms with Crippen LogP contribution in [0.1, 0.15) is 32.6 Å². The zero-order chi connectivity index (χ0) is 7.45. The van der Waals surface area contributed by atoms with Crippen molar-refractivity contribution in [3.8, 4) is 0 Å². The highest BCUT2D eigenvalue weighted by molar-refractivity contribution is 4.88. The fourth-order valence-corrected chi connectivity index (χ4v) is 1.24. The van der Waals surface area contributed by atoms with Crippen molar-refractivity contribution in [1.82, 2.24) is 0 Å². The molecule has 0 aromatic rings. The molecule has 0 aromatic heterocycles. The zero-order valence-corrected chi connectivity index (χ0v) is 6.60. The molecule has 0 radical (unpaired) electrons. The van der Waals surface area contributed by atoms with E-state index in [2.05, 4.69) is 6.92 Å². The Morgan fingerprint density at radius 2 is 2.20 bits per heavy atom. The van der Waals surface area contributed by atoms with Gasteiger partial charge in [-0.1, -0.05) is 6.92 Å². The second-order valence-corrected chi connectivity index (χ2v) is 3.04. The molecule has 60 valence electrons. The highest BCUT2D eigenvalue weighted by atomic mass is 16.5. The van der Waals surface area contributed by atoms with Gasteiger partial charge >= 0.3 is 0 Å². The van der Waals surface area contributed by atoms with Crippen LogP contribution in [0.4, 0.5) is 0 Å². The van der Waals surface area contributed by atoms with E-state index in [1.807, 2.05) is 0 Å². The molecule has 0 aliphatic heterocycles. The summed E-state index contributed by atoms with van der Waals surface area (Å²) >= 11 is 0. The van der Waals surface area contributed by atoms with Crippen molar-refractivity contribution < 1.29 is 9.84 Å². The Kier molecular flexibility index (Phi) is 2.69. The van der Waals surface area contributed by atoms with E-state index < -0.39 is 0 Å². The molecule has 2 heteroatoms. The molecule has 0 unspecified atom stereocenters. The lowest BCUT2D eigenvalue weighted by Gasteiger charge is -2.39. The van der Waals surface area contributed by atoms with Gasteiger partial charge in [-0.15, -0.1) is 0 Å². The molecule has 0 amide bonds. The number of aliphatic hydroxyl groups is 1. The average Bonchev–Trinajstić information content (AvgIpc) is 1.87. The Balaban J connectivity index is 2.20. The molecule has 10 heavy (non-hydrogen) atoms. The van der Waals surface area contributed by atoms with Gasteiger partial charge in [-0.25, -0.2) is 0 Å². The highest BCUT2D eigenvalue weighted by Crippen LogP contribution is 2.34. The van der Waals surface area contributed by atoms with Crippen LogP contribution in [0.2, 0.25) is 0 Å². The van der Waals surface area contributed by atoms with Crippen LogP contribution in [0.25, 0.3) is 0 Å². The molecule has 0 heterocycles. The van der Waals surface area contributed by atoms with Gasteiger partial charge in [-0.05, 0) is 25.7 Å². The molecule has 1 N–H and O–H groups in total. The topological polar surface area (TPSA) is 29.5 Å². The van der Waals surface area contributed by atoms with Gasteiger partial charge < -0.3 is 9.84 Å². The third-order valence-corrected chi connectivity index (χ3v) is 2.17. The minimum absolute atomic E-state index is 0.129. The lowest BCUT2D eigenvalue weighted by molar-refractivity contribution is -0.127. The zero-order valence-electron chi connectivity index (χ0n) is 6.60.